The smallest absolute Gasteiger partial charge is 0.0482 e. The van der Waals surface area contributed by atoms with E-state index in [1.807, 2.05) is 12.3 Å². The average molecular weight is 253 g/mol. The third kappa shape index (κ3) is 4.20. The molecule has 0 fully saturated rings. The van der Waals surface area contributed by atoms with E-state index in [0.29, 0.717) is 5.41 Å². The van der Waals surface area contributed by atoms with Crippen LogP contribution in [0.15, 0.2) is 42.6 Å². The highest BCUT2D eigenvalue weighted by Crippen LogP contribution is 2.24. The molecule has 0 N–H and O–H groups in total. The minimum atomic E-state index is 0.500. The lowest BCUT2D eigenvalue weighted by Crippen LogP contribution is -2.08. The first-order chi connectivity index (χ1) is 8.93. The van der Waals surface area contributed by atoms with E-state index in [0.717, 1.165) is 12.8 Å². The van der Waals surface area contributed by atoms with E-state index in [2.05, 4.69) is 63.0 Å². The molecule has 1 aromatic carbocycles. The summed E-state index contributed by atoms with van der Waals surface area (Å²) >= 11 is 0. The van der Waals surface area contributed by atoms with E-state index >= 15 is 0 Å². The first-order valence-electron chi connectivity index (χ1n) is 6.93. The Morgan fingerprint density at radius 2 is 1.32 bits per heavy atom. The molecule has 1 heteroatoms. The number of aromatic nitrogens is 1. The van der Waals surface area contributed by atoms with Crippen LogP contribution in [0.3, 0.4) is 0 Å². The molecule has 0 aliphatic heterocycles. The first kappa shape index (κ1) is 13.8. The summed E-state index contributed by atoms with van der Waals surface area (Å²) in [6, 6.07) is 12.8. The quantitative estimate of drug-likeness (QED) is 0.569. The molecule has 0 amide bonds. The van der Waals surface area contributed by atoms with Crippen LogP contribution in [0.2, 0.25) is 0 Å². The summed E-state index contributed by atoms with van der Waals surface area (Å²) in [6.07, 6.45) is 3.92. The Balaban J connectivity index is 0.000000232. The minimum Gasteiger partial charge on any atom is -0.261 e. The Bertz CT molecular complexity index is 456. The molecule has 0 saturated heterocycles. The van der Waals surface area contributed by atoms with Crippen LogP contribution < -0.4 is 0 Å². The van der Waals surface area contributed by atoms with Gasteiger partial charge in [0, 0.05) is 18.3 Å². The summed E-state index contributed by atoms with van der Waals surface area (Å²) in [5.41, 5.74) is 6.00. The molecule has 1 aromatic heterocycles. The Kier molecular flexibility index (Phi) is 4.04. The molecule has 1 aliphatic carbocycles. The largest absolute Gasteiger partial charge is 0.261 e. The molecular formula is C18H23N. The summed E-state index contributed by atoms with van der Waals surface area (Å²) in [5, 5.41) is 0. The second kappa shape index (κ2) is 5.56. The summed E-state index contributed by atoms with van der Waals surface area (Å²) in [7, 11) is 0. The topological polar surface area (TPSA) is 12.9 Å². The SMILES string of the molecule is CC(C)(C)C.c1ccc2c(c1)Cc1cccnc1C2. The van der Waals surface area contributed by atoms with Crippen LogP contribution in [-0.4, -0.2) is 4.98 Å². The highest BCUT2D eigenvalue weighted by molar-refractivity contribution is 5.41. The number of benzene rings is 1. The molecule has 0 atom stereocenters. The van der Waals surface area contributed by atoms with Crippen LogP contribution in [0.4, 0.5) is 0 Å². The van der Waals surface area contributed by atoms with Gasteiger partial charge in [-0.15, -0.1) is 0 Å². The zero-order chi connectivity index (χ0) is 13.9. The van der Waals surface area contributed by atoms with E-state index in [1.165, 1.54) is 22.4 Å². The van der Waals surface area contributed by atoms with E-state index < -0.39 is 0 Å². The van der Waals surface area contributed by atoms with Crippen molar-refractivity contribution in [3.05, 3.63) is 65.0 Å². The molecular weight excluding hydrogens is 230 g/mol. The fourth-order valence-electron chi connectivity index (χ4n) is 2.08. The van der Waals surface area contributed by atoms with Crippen molar-refractivity contribution in [3.63, 3.8) is 0 Å². The third-order valence-corrected chi connectivity index (χ3v) is 2.84. The Hall–Kier alpha value is -1.63. The highest BCUT2D eigenvalue weighted by atomic mass is 14.7. The van der Waals surface area contributed by atoms with Crippen molar-refractivity contribution in [2.75, 3.05) is 0 Å². The van der Waals surface area contributed by atoms with Crippen LogP contribution in [-0.2, 0) is 12.8 Å². The van der Waals surface area contributed by atoms with Crippen LogP contribution in [0.25, 0.3) is 0 Å². The lowest BCUT2D eigenvalue weighted by Gasteiger charge is -2.17. The maximum Gasteiger partial charge on any atom is 0.0482 e. The molecule has 0 unspecified atom stereocenters. The molecule has 0 saturated carbocycles. The van der Waals surface area contributed by atoms with Crippen molar-refractivity contribution in [2.24, 2.45) is 5.41 Å². The first-order valence-corrected chi connectivity index (χ1v) is 6.93. The van der Waals surface area contributed by atoms with Gasteiger partial charge in [0.25, 0.3) is 0 Å². The van der Waals surface area contributed by atoms with Gasteiger partial charge < -0.3 is 0 Å². The Morgan fingerprint density at radius 1 is 0.789 bits per heavy atom. The summed E-state index contributed by atoms with van der Waals surface area (Å²) in [4.78, 5) is 4.42. The molecule has 3 rings (SSSR count). The second-order valence-corrected chi connectivity index (χ2v) is 6.73. The van der Waals surface area contributed by atoms with Crippen LogP contribution in [0.5, 0.6) is 0 Å². The summed E-state index contributed by atoms with van der Waals surface area (Å²) in [6.45, 7) is 8.75. The normalized spacial score (nSPS) is 12.8. The van der Waals surface area contributed by atoms with Gasteiger partial charge in [-0.25, -0.2) is 0 Å². The van der Waals surface area contributed by atoms with Crippen molar-refractivity contribution in [1.29, 1.82) is 0 Å². The van der Waals surface area contributed by atoms with Gasteiger partial charge in [-0.3, -0.25) is 4.98 Å². The van der Waals surface area contributed by atoms with Gasteiger partial charge in [0.2, 0.25) is 0 Å². The molecule has 0 radical (unpaired) electrons. The Morgan fingerprint density at radius 3 is 1.95 bits per heavy atom. The van der Waals surface area contributed by atoms with Crippen LogP contribution in [0.1, 0.15) is 50.1 Å². The number of fused-ring (bicyclic) bond motifs is 2. The molecule has 100 valence electrons. The second-order valence-electron chi connectivity index (χ2n) is 6.73. The van der Waals surface area contributed by atoms with E-state index in [1.54, 1.807) is 0 Å². The predicted octanol–water partition coefficient (Wildman–Crippen LogP) is 4.63. The van der Waals surface area contributed by atoms with Crippen molar-refractivity contribution in [2.45, 2.75) is 40.5 Å². The number of pyridine rings is 1. The molecule has 0 bridgehead atoms. The molecule has 0 spiro atoms. The average Bonchev–Trinajstić information content (AvgIpc) is 2.34. The van der Waals surface area contributed by atoms with E-state index in [-0.39, 0.29) is 0 Å². The lowest BCUT2D eigenvalue weighted by atomic mass is 9.89. The molecule has 19 heavy (non-hydrogen) atoms. The maximum absolute atomic E-state index is 4.42. The predicted molar refractivity (Wildman–Crippen MR) is 81.4 cm³/mol. The van der Waals surface area contributed by atoms with Gasteiger partial charge in [0.05, 0.1) is 0 Å². The minimum absolute atomic E-state index is 0.500. The Labute approximate surface area is 116 Å². The van der Waals surface area contributed by atoms with Crippen molar-refractivity contribution >= 4 is 0 Å². The summed E-state index contributed by atoms with van der Waals surface area (Å²) < 4.78 is 0. The maximum atomic E-state index is 4.42. The van der Waals surface area contributed by atoms with E-state index in [9.17, 15) is 0 Å². The number of hydrogen-bond donors (Lipinski definition) is 0. The highest BCUT2D eigenvalue weighted by Gasteiger charge is 2.14. The van der Waals surface area contributed by atoms with E-state index in [4.69, 9.17) is 0 Å². The summed E-state index contributed by atoms with van der Waals surface area (Å²) in [5.74, 6) is 0. The monoisotopic (exact) mass is 253 g/mol. The number of rotatable bonds is 0. The number of nitrogens with zero attached hydrogens (tertiary/aromatic N) is 1. The fourth-order valence-corrected chi connectivity index (χ4v) is 2.08. The van der Waals surface area contributed by atoms with Gasteiger partial charge >= 0.3 is 0 Å². The number of hydrogen-bond acceptors (Lipinski definition) is 1. The van der Waals surface area contributed by atoms with Crippen molar-refractivity contribution in [3.8, 4) is 0 Å². The van der Waals surface area contributed by atoms with Gasteiger partial charge in [0.15, 0.2) is 0 Å². The zero-order valence-corrected chi connectivity index (χ0v) is 12.4. The molecule has 2 aromatic rings. The molecule has 1 aliphatic rings. The van der Waals surface area contributed by atoms with Gasteiger partial charge in [0.1, 0.15) is 0 Å². The van der Waals surface area contributed by atoms with Gasteiger partial charge in [-0.2, -0.15) is 0 Å². The third-order valence-electron chi connectivity index (χ3n) is 2.84. The zero-order valence-electron chi connectivity index (χ0n) is 12.4. The standard InChI is InChI=1S/C13H11N.C5H12/c1-2-5-11-9-13-12(6-3-7-14-13)8-10(11)4-1;1-5(2,3)4/h1-7H,8-9H2;1-4H3. The molecule has 1 nitrogen and oxygen atoms in total. The van der Waals surface area contributed by atoms with Crippen LogP contribution >= 0.6 is 0 Å². The fraction of sp³-hybridized carbons (Fsp3) is 0.389. The van der Waals surface area contributed by atoms with Gasteiger partial charge in [-0.1, -0.05) is 58.0 Å². The van der Waals surface area contributed by atoms with Crippen LogP contribution in [0, 0.1) is 5.41 Å². The van der Waals surface area contributed by atoms with Crippen molar-refractivity contribution < 1.29 is 0 Å². The van der Waals surface area contributed by atoms with Gasteiger partial charge in [-0.05, 0) is 34.6 Å². The molecule has 1 heterocycles. The van der Waals surface area contributed by atoms with Crippen molar-refractivity contribution in [1.82, 2.24) is 4.98 Å². The lowest BCUT2D eigenvalue weighted by molar-refractivity contribution is 0.469.